The van der Waals surface area contributed by atoms with Gasteiger partial charge >= 0.3 is 0 Å². The largest absolute Gasteiger partial charge is 0.339 e. The normalized spacial score (nSPS) is 28.6. The molecule has 1 aliphatic carbocycles. The van der Waals surface area contributed by atoms with Crippen molar-refractivity contribution in [1.29, 1.82) is 0 Å². The van der Waals surface area contributed by atoms with Crippen LogP contribution in [0.15, 0.2) is 4.52 Å². The lowest BCUT2D eigenvalue weighted by Gasteiger charge is -2.24. The van der Waals surface area contributed by atoms with Gasteiger partial charge in [0, 0.05) is 5.92 Å². The van der Waals surface area contributed by atoms with Gasteiger partial charge in [-0.25, -0.2) is 0 Å². The van der Waals surface area contributed by atoms with Gasteiger partial charge in [-0.2, -0.15) is 4.98 Å². The van der Waals surface area contributed by atoms with Crippen molar-refractivity contribution in [2.45, 2.75) is 77.2 Å². The molecule has 1 aromatic heterocycles. The second-order valence-corrected chi connectivity index (χ2v) is 6.35. The minimum Gasteiger partial charge on any atom is -0.339 e. The van der Waals surface area contributed by atoms with E-state index in [-0.39, 0.29) is 11.5 Å². The average Bonchev–Trinajstić information content (AvgIpc) is 2.79. The summed E-state index contributed by atoms with van der Waals surface area (Å²) in [6.45, 7) is 6.38. The van der Waals surface area contributed by atoms with Crippen LogP contribution in [0, 0.1) is 5.92 Å². The Labute approximate surface area is 116 Å². The zero-order chi connectivity index (χ0) is 13.9. The lowest BCUT2D eigenvalue weighted by atomic mass is 9.89. The van der Waals surface area contributed by atoms with Crippen LogP contribution in [0.25, 0.3) is 0 Å². The first-order valence-electron chi connectivity index (χ1n) is 7.68. The molecule has 2 rings (SSSR count). The van der Waals surface area contributed by atoms with Crippen molar-refractivity contribution < 1.29 is 4.52 Å². The summed E-state index contributed by atoms with van der Waals surface area (Å²) in [6, 6.07) is 0. The van der Waals surface area contributed by atoms with Crippen LogP contribution in [0.3, 0.4) is 0 Å². The molecule has 1 aromatic rings. The van der Waals surface area contributed by atoms with Crippen molar-refractivity contribution in [3.8, 4) is 0 Å². The van der Waals surface area contributed by atoms with Crippen LogP contribution in [0.1, 0.15) is 83.3 Å². The van der Waals surface area contributed by atoms with E-state index in [9.17, 15) is 0 Å². The summed E-state index contributed by atoms with van der Waals surface area (Å²) in [5.74, 6) is 2.51. The Morgan fingerprint density at radius 1 is 1.37 bits per heavy atom. The van der Waals surface area contributed by atoms with Crippen molar-refractivity contribution in [3.05, 3.63) is 11.7 Å². The maximum Gasteiger partial charge on any atom is 0.229 e. The van der Waals surface area contributed by atoms with Crippen molar-refractivity contribution in [2.24, 2.45) is 11.7 Å². The van der Waals surface area contributed by atoms with E-state index in [0.717, 1.165) is 18.8 Å². The van der Waals surface area contributed by atoms with Crippen LogP contribution in [-0.4, -0.2) is 10.1 Å². The van der Waals surface area contributed by atoms with E-state index in [0.29, 0.717) is 11.7 Å². The van der Waals surface area contributed by atoms with Gasteiger partial charge in [-0.3, -0.25) is 0 Å². The first-order valence-corrected chi connectivity index (χ1v) is 7.68. The molecular weight excluding hydrogens is 238 g/mol. The molecule has 0 bridgehead atoms. The molecule has 4 nitrogen and oxygen atoms in total. The Kier molecular flexibility index (Phi) is 4.61. The van der Waals surface area contributed by atoms with E-state index < -0.39 is 0 Å². The Bertz CT molecular complexity index is 402. The fourth-order valence-corrected chi connectivity index (χ4v) is 3.03. The molecule has 2 atom stereocenters. The number of aromatic nitrogens is 2. The molecule has 1 aliphatic rings. The highest BCUT2D eigenvalue weighted by Crippen LogP contribution is 2.36. The molecule has 1 saturated carbocycles. The first-order chi connectivity index (χ1) is 9.05. The van der Waals surface area contributed by atoms with Crippen molar-refractivity contribution in [3.63, 3.8) is 0 Å². The quantitative estimate of drug-likeness (QED) is 0.842. The lowest BCUT2D eigenvalue weighted by Crippen LogP contribution is -2.37. The van der Waals surface area contributed by atoms with Gasteiger partial charge in [0.15, 0.2) is 5.82 Å². The second kappa shape index (κ2) is 6.04. The van der Waals surface area contributed by atoms with Crippen molar-refractivity contribution in [1.82, 2.24) is 10.1 Å². The van der Waals surface area contributed by atoms with Crippen LogP contribution in [-0.2, 0) is 5.54 Å². The summed E-state index contributed by atoms with van der Waals surface area (Å²) in [5.41, 5.74) is 6.19. The predicted octanol–water partition coefficient (Wildman–Crippen LogP) is 3.73. The molecule has 1 heterocycles. The highest BCUT2D eigenvalue weighted by Gasteiger charge is 2.35. The number of hydrogen-bond acceptors (Lipinski definition) is 4. The molecule has 4 heteroatoms. The highest BCUT2D eigenvalue weighted by atomic mass is 16.5. The molecule has 108 valence electrons. The van der Waals surface area contributed by atoms with Crippen LogP contribution >= 0.6 is 0 Å². The van der Waals surface area contributed by atoms with E-state index >= 15 is 0 Å². The third-order valence-electron chi connectivity index (χ3n) is 4.31. The molecular formula is C15H27N3O. The smallest absolute Gasteiger partial charge is 0.229 e. The Hall–Kier alpha value is -0.900. The van der Waals surface area contributed by atoms with Gasteiger partial charge in [0.05, 0.1) is 5.54 Å². The minimum atomic E-state index is -0.376. The summed E-state index contributed by atoms with van der Waals surface area (Å²) in [6.07, 6.45) is 8.20. The van der Waals surface area contributed by atoms with E-state index in [4.69, 9.17) is 10.3 Å². The molecule has 0 aliphatic heterocycles. The van der Waals surface area contributed by atoms with Crippen LogP contribution in [0.5, 0.6) is 0 Å². The summed E-state index contributed by atoms with van der Waals surface area (Å²) in [7, 11) is 0. The van der Waals surface area contributed by atoms with Gasteiger partial charge < -0.3 is 10.3 Å². The molecule has 19 heavy (non-hydrogen) atoms. The number of rotatable bonds is 4. The second-order valence-electron chi connectivity index (χ2n) is 6.35. The zero-order valence-corrected chi connectivity index (χ0v) is 12.5. The van der Waals surface area contributed by atoms with Gasteiger partial charge in [-0.05, 0) is 25.2 Å². The maximum absolute atomic E-state index is 6.57. The Morgan fingerprint density at radius 3 is 2.79 bits per heavy atom. The third kappa shape index (κ3) is 3.35. The average molecular weight is 265 g/mol. The molecule has 0 amide bonds. The Morgan fingerprint density at radius 2 is 2.16 bits per heavy atom. The molecule has 2 unspecified atom stereocenters. The zero-order valence-electron chi connectivity index (χ0n) is 12.5. The predicted molar refractivity (Wildman–Crippen MR) is 75.7 cm³/mol. The van der Waals surface area contributed by atoms with Gasteiger partial charge in [-0.1, -0.05) is 51.6 Å². The van der Waals surface area contributed by atoms with Gasteiger partial charge in [0.1, 0.15) is 0 Å². The molecule has 1 fully saturated rings. The number of nitrogens with two attached hydrogens (primary N) is 1. The first kappa shape index (κ1) is 14.5. The maximum atomic E-state index is 6.57. The number of hydrogen-bond donors (Lipinski definition) is 1. The summed E-state index contributed by atoms with van der Waals surface area (Å²) in [4.78, 5) is 4.52. The van der Waals surface area contributed by atoms with E-state index in [1.807, 2.05) is 0 Å². The van der Waals surface area contributed by atoms with Crippen LogP contribution in [0.2, 0.25) is 0 Å². The number of nitrogens with zero attached hydrogens (tertiary/aromatic N) is 2. The fourth-order valence-electron chi connectivity index (χ4n) is 3.03. The molecule has 0 spiro atoms. The van der Waals surface area contributed by atoms with Crippen molar-refractivity contribution in [2.75, 3.05) is 0 Å². The summed E-state index contributed by atoms with van der Waals surface area (Å²) in [5, 5.41) is 4.13. The summed E-state index contributed by atoms with van der Waals surface area (Å²) < 4.78 is 5.32. The fraction of sp³-hybridized carbons (Fsp3) is 0.867. The highest BCUT2D eigenvalue weighted by molar-refractivity contribution is 5.06. The van der Waals surface area contributed by atoms with E-state index in [1.54, 1.807) is 0 Å². The van der Waals surface area contributed by atoms with Gasteiger partial charge in [0.2, 0.25) is 5.89 Å². The van der Waals surface area contributed by atoms with Gasteiger partial charge in [0.25, 0.3) is 0 Å². The van der Waals surface area contributed by atoms with Crippen LogP contribution < -0.4 is 5.73 Å². The topological polar surface area (TPSA) is 64.9 Å². The molecule has 2 N–H and O–H groups in total. The Balaban J connectivity index is 2.08. The van der Waals surface area contributed by atoms with Crippen LogP contribution in [0.4, 0.5) is 0 Å². The standard InChI is InChI=1S/C15H27N3O/c1-4-6-12-7-5-9-15(16,10-8-12)14-17-13(11(2)3)19-18-14/h11-12H,4-10,16H2,1-3H3. The lowest BCUT2D eigenvalue weighted by molar-refractivity contribution is 0.316. The van der Waals surface area contributed by atoms with E-state index in [2.05, 4.69) is 30.9 Å². The minimum absolute atomic E-state index is 0.267. The molecule has 0 radical (unpaired) electrons. The monoisotopic (exact) mass is 265 g/mol. The molecule has 0 aromatic carbocycles. The third-order valence-corrected chi connectivity index (χ3v) is 4.31. The van der Waals surface area contributed by atoms with Crippen molar-refractivity contribution >= 4 is 0 Å². The van der Waals surface area contributed by atoms with E-state index in [1.165, 1.54) is 32.1 Å². The van der Waals surface area contributed by atoms with Gasteiger partial charge in [-0.15, -0.1) is 0 Å². The SMILES string of the molecule is CCCC1CCCC(N)(c2noc(C(C)C)n2)CC1. The summed E-state index contributed by atoms with van der Waals surface area (Å²) >= 11 is 0. The molecule has 0 saturated heterocycles.